The first-order valence-corrected chi connectivity index (χ1v) is 6.49. The Morgan fingerprint density at radius 3 is 2.47 bits per heavy atom. The van der Waals surface area contributed by atoms with E-state index in [1.165, 1.54) is 24.3 Å². The first-order chi connectivity index (χ1) is 8.12. The van der Waals surface area contributed by atoms with E-state index in [1.54, 1.807) is 18.2 Å². The summed E-state index contributed by atoms with van der Waals surface area (Å²) < 4.78 is 24.5. The van der Waals surface area contributed by atoms with E-state index in [4.69, 9.17) is 0 Å². The Kier molecular flexibility index (Phi) is 1.97. The van der Waals surface area contributed by atoms with Crippen molar-refractivity contribution in [2.24, 2.45) is 0 Å². The molecule has 0 spiro atoms. The summed E-state index contributed by atoms with van der Waals surface area (Å²) >= 11 is 0. The van der Waals surface area contributed by atoms with Crippen LogP contribution in [-0.2, 0) is 9.84 Å². The Morgan fingerprint density at radius 1 is 0.941 bits per heavy atom. The molecule has 0 saturated heterocycles. The molecule has 83 valence electrons. The van der Waals surface area contributed by atoms with Gasteiger partial charge in [-0.15, -0.1) is 0 Å². The van der Waals surface area contributed by atoms with Gasteiger partial charge in [0.1, 0.15) is 0 Å². The van der Waals surface area contributed by atoms with Gasteiger partial charge in [0.2, 0.25) is 9.84 Å². The summed E-state index contributed by atoms with van der Waals surface area (Å²) in [5, 5.41) is 0. The third-order valence-corrected chi connectivity index (χ3v) is 4.63. The number of hydrogen-bond donors (Lipinski definition) is 0. The van der Waals surface area contributed by atoms with Gasteiger partial charge in [-0.25, -0.2) is 8.42 Å². The Labute approximate surface area is 98.6 Å². The molecule has 4 heteroatoms. The topological polar surface area (TPSA) is 51.2 Å². The van der Waals surface area contributed by atoms with Crippen molar-refractivity contribution >= 4 is 15.6 Å². The Morgan fingerprint density at radius 2 is 1.65 bits per heavy atom. The van der Waals surface area contributed by atoms with Crippen LogP contribution in [-0.4, -0.2) is 14.2 Å². The number of rotatable bonds is 0. The van der Waals surface area contributed by atoms with Crippen LogP contribution in [0.1, 0.15) is 15.9 Å². The molecular formula is C13H7O3S. The second-order valence-corrected chi connectivity index (χ2v) is 5.64. The van der Waals surface area contributed by atoms with Gasteiger partial charge in [0, 0.05) is 11.1 Å². The lowest BCUT2D eigenvalue weighted by Crippen LogP contribution is -2.19. The van der Waals surface area contributed by atoms with E-state index in [2.05, 4.69) is 6.07 Å². The predicted molar refractivity (Wildman–Crippen MR) is 60.6 cm³/mol. The maximum absolute atomic E-state index is 12.3. The highest BCUT2D eigenvalue weighted by molar-refractivity contribution is 7.91. The zero-order valence-corrected chi connectivity index (χ0v) is 9.49. The van der Waals surface area contributed by atoms with E-state index in [9.17, 15) is 13.2 Å². The molecule has 0 amide bonds. The molecule has 0 bridgehead atoms. The maximum Gasteiger partial charge on any atom is 0.208 e. The summed E-state index contributed by atoms with van der Waals surface area (Å²) in [6.07, 6.45) is 0. The molecule has 17 heavy (non-hydrogen) atoms. The number of carbonyl (C=O) groups excluding carboxylic acids is 1. The van der Waals surface area contributed by atoms with E-state index in [1.807, 2.05) is 0 Å². The third-order valence-electron chi connectivity index (χ3n) is 2.78. The standard InChI is InChI=1S/C13H7O3S/c14-13-9-5-1-3-7-11(9)17(15,16)12-8-4-2-6-10(12)13/h1-3,5-8H. The summed E-state index contributed by atoms with van der Waals surface area (Å²) in [5.74, 6) is -0.251. The lowest BCUT2D eigenvalue weighted by molar-refractivity contribution is 0.103. The van der Waals surface area contributed by atoms with Crippen molar-refractivity contribution in [1.29, 1.82) is 0 Å². The molecule has 2 aromatic rings. The zero-order chi connectivity index (χ0) is 12.0. The maximum atomic E-state index is 12.3. The fraction of sp³-hybridized carbons (Fsp3) is 0. The van der Waals surface area contributed by atoms with E-state index in [0.717, 1.165) is 0 Å². The van der Waals surface area contributed by atoms with Gasteiger partial charge in [-0.1, -0.05) is 18.2 Å². The number of sulfone groups is 1. The number of carbonyl (C=O) groups is 1. The van der Waals surface area contributed by atoms with Crippen LogP contribution in [0.2, 0.25) is 0 Å². The van der Waals surface area contributed by atoms with Crippen molar-refractivity contribution in [3.8, 4) is 0 Å². The minimum atomic E-state index is -3.59. The molecule has 3 rings (SSSR count). The summed E-state index contributed by atoms with van der Waals surface area (Å²) in [5.41, 5.74) is 0.466. The molecule has 0 unspecified atom stereocenters. The smallest absolute Gasteiger partial charge is 0.208 e. The normalized spacial score (nSPS) is 16.1. The summed E-state index contributed by atoms with van der Waals surface area (Å²) in [6.45, 7) is 0. The van der Waals surface area contributed by atoms with Crippen LogP contribution in [0.3, 0.4) is 0 Å². The minimum absolute atomic E-state index is 0.0451. The molecule has 1 aliphatic heterocycles. The van der Waals surface area contributed by atoms with Crippen molar-refractivity contribution in [1.82, 2.24) is 0 Å². The van der Waals surface area contributed by atoms with Crippen LogP contribution in [0.4, 0.5) is 0 Å². The van der Waals surface area contributed by atoms with E-state index in [-0.39, 0.29) is 26.7 Å². The van der Waals surface area contributed by atoms with Gasteiger partial charge in [-0.05, 0) is 30.3 Å². The quantitative estimate of drug-likeness (QED) is 0.605. The Bertz CT molecular complexity index is 674. The van der Waals surface area contributed by atoms with Crippen LogP contribution in [0.5, 0.6) is 0 Å². The monoisotopic (exact) mass is 243 g/mol. The molecular weight excluding hydrogens is 236 g/mol. The molecule has 0 aliphatic carbocycles. The minimum Gasteiger partial charge on any atom is -0.289 e. The Hall–Kier alpha value is -1.94. The van der Waals surface area contributed by atoms with Crippen LogP contribution in [0, 0.1) is 6.07 Å². The number of ketones is 1. The molecule has 0 atom stereocenters. The lowest BCUT2D eigenvalue weighted by Gasteiger charge is -2.17. The molecule has 1 aliphatic rings. The highest BCUT2D eigenvalue weighted by Gasteiger charge is 2.33. The molecule has 0 saturated carbocycles. The average Bonchev–Trinajstić information content (AvgIpc) is 2.37. The predicted octanol–water partition coefficient (Wildman–Crippen LogP) is 1.86. The van der Waals surface area contributed by atoms with Crippen LogP contribution < -0.4 is 0 Å². The number of benzene rings is 2. The van der Waals surface area contributed by atoms with E-state index >= 15 is 0 Å². The fourth-order valence-corrected chi connectivity index (χ4v) is 3.60. The Balaban J connectivity index is 2.47. The summed E-state index contributed by atoms with van der Waals surface area (Å²) in [7, 11) is -3.59. The van der Waals surface area contributed by atoms with Crippen molar-refractivity contribution in [2.75, 3.05) is 0 Å². The summed E-state index contributed by atoms with van der Waals surface area (Å²) in [6, 6.07) is 13.3. The van der Waals surface area contributed by atoms with Crippen molar-refractivity contribution in [2.45, 2.75) is 9.79 Å². The first-order valence-electron chi connectivity index (χ1n) is 5.01. The molecule has 0 aromatic heterocycles. The van der Waals surface area contributed by atoms with Gasteiger partial charge in [0.05, 0.1) is 9.79 Å². The molecule has 0 N–H and O–H groups in total. The number of fused-ring (bicyclic) bond motifs is 2. The molecule has 0 fully saturated rings. The van der Waals surface area contributed by atoms with E-state index < -0.39 is 9.84 Å². The van der Waals surface area contributed by atoms with Gasteiger partial charge >= 0.3 is 0 Å². The van der Waals surface area contributed by atoms with Crippen LogP contribution in [0.25, 0.3) is 0 Å². The highest BCUT2D eigenvalue weighted by Crippen LogP contribution is 2.33. The van der Waals surface area contributed by atoms with Gasteiger partial charge < -0.3 is 0 Å². The summed E-state index contributed by atoms with van der Waals surface area (Å²) in [4.78, 5) is 12.2. The molecule has 1 radical (unpaired) electrons. The SMILES string of the molecule is O=C1c2cc[c]cc2S(=O)(=O)c2ccccc21. The molecule has 1 heterocycles. The number of hydrogen-bond acceptors (Lipinski definition) is 3. The van der Waals surface area contributed by atoms with Gasteiger partial charge in [-0.2, -0.15) is 0 Å². The second-order valence-electron chi connectivity index (χ2n) is 3.75. The van der Waals surface area contributed by atoms with Crippen LogP contribution >= 0.6 is 0 Å². The fourth-order valence-electron chi connectivity index (χ4n) is 1.98. The third kappa shape index (κ3) is 1.27. The second kappa shape index (κ2) is 3.28. The van der Waals surface area contributed by atoms with Crippen molar-refractivity contribution < 1.29 is 13.2 Å². The highest BCUT2D eigenvalue weighted by atomic mass is 32.2. The molecule has 2 aromatic carbocycles. The van der Waals surface area contributed by atoms with Gasteiger partial charge in [0.25, 0.3) is 0 Å². The zero-order valence-electron chi connectivity index (χ0n) is 8.67. The molecule has 3 nitrogen and oxygen atoms in total. The van der Waals surface area contributed by atoms with Crippen molar-refractivity contribution in [3.05, 3.63) is 59.7 Å². The lowest BCUT2D eigenvalue weighted by atomic mass is 10.0. The van der Waals surface area contributed by atoms with Crippen molar-refractivity contribution in [3.63, 3.8) is 0 Å². The van der Waals surface area contributed by atoms with E-state index in [0.29, 0.717) is 0 Å². The van der Waals surface area contributed by atoms with Gasteiger partial charge in [-0.3, -0.25) is 4.79 Å². The largest absolute Gasteiger partial charge is 0.289 e. The van der Waals surface area contributed by atoms with Crippen LogP contribution in [0.15, 0.2) is 52.3 Å². The average molecular weight is 243 g/mol. The van der Waals surface area contributed by atoms with Gasteiger partial charge in [0.15, 0.2) is 5.78 Å². The first kappa shape index (κ1) is 10.2.